The highest BCUT2D eigenvalue weighted by molar-refractivity contribution is 5.39. The summed E-state index contributed by atoms with van der Waals surface area (Å²) in [6.07, 6.45) is 6.43. The second kappa shape index (κ2) is 5.26. The maximum Gasteiger partial charge on any atom is 0.235 e. The molecule has 0 amide bonds. The molecule has 1 aliphatic rings. The predicted molar refractivity (Wildman–Crippen MR) is 65.5 cm³/mol. The molecule has 0 bridgehead atoms. The highest BCUT2D eigenvalue weighted by atomic mass is 16.2. The van der Waals surface area contributed by atoms with Gasteiger partial charge in [0.15, 0.2) is 0 Å². The molecule has 0 radical (unpaired) electrons. The van der Waals surface area contributed by atoms with Gasteiger partial charge in [-0.05, 0) is 30.4 Å². The van der Waals surface area contributed by atoms with Crippen LogP contribution in [-0.2, 0) is 16.8 Å². The lowest BCUT2D eigenvalue weighted by atomic mass is 9.87. The fourth-order valence-corrected chi connectivity index (χ4v) is 2.66. The Morgan fingerprint density at radius 2 is 2.12 bits per heavy atom. The van der Waals surface area contributed by atoms with Crippen LogP contribution in [0.25, 0.3) is 0 Å². The molecule has 1 fully saturated rings. The molecule has 0 saturated heterocycles. The molecule has 1 aromatic rings. The molecule has 0 aliphatic heterocycles. The van der Waals surface area contributed by atoms with Crippen LogP contribution in [-0.4, -0.2) is 17.8 Å². The molecule has 3 heteroatoms. The fraction of sp³-hybridized carbons (Fsp3) is 0.500. The van der Waals surface area contributed by atoms with Gasteiger partial charge < -0.3 is 5.11 Å². The molecule has 90 valence electrons. The van der Waals surface area contributed by atoms with E-state index in [2.05, 4.69) is 11.1 Å². The second-order valence-corrected chi connectivity index (χ2v) is 4.62. The number of aliphatic hydroxyl groups is 1. The molecule has 17 heavy (non-hydrogen) atoms. The van der Waals surface area contributed by atoms with Crippen LogP contribution in [0.5, 0.6) is 0 Å². The van der Waals surface area contributed by atoms with E-state index in [1.807, 2.05) is 18.2 Å². The second-order valence-electron chi connectivity index (χ2n) is 4.62. The minimum atomic E-state index is -0.354. The number of isocyanates is 1. The van der Waals surface area contributed by atoms with Gasteiger partial charge in [0.05, 0.1) is 5.54 Å². The van der Waals surface area contributed by atoms with Gasteiger partial charge in [-0.1, -0.05) is 37.1 Å². The molecule has 2 rings (SSSR count). The Balaban J connectivity index is 2.36. The highest BCUT2D eigenvalue weighted by Crippen LogP contribution is 2.42. The molecule has 1 aromatic carbocycles. The minimum Gasteiger partial charge on any atom is -0.396 e. The molecule has 0 spiro atoms. The van der Waals surface area contributed by atoms with E-state index >= 15 is 0 Å². The molecule has 0 heterocycles. The van der Waals surface area contributed by atoms with Crippen molar-refractivity contribution in [1.82, 2.24) is 0 Å². The van der Waals surface area contributed by atoms with Crippen molar-refractivity contribution in [3.8, 4) is 0 Å². The van der Waals surface area contributed by atoms with E-state index in [1.54, 1.807) is 6.08 Å². The SMILES string of the molecule is O=C=NC1(c2cccc(CCO)c2)CCCC1. The number of aliphatic imine (C=N–C) groups is 1. The molecule has 0 unspecified atom stereocenters. The fourth-order valence-electron chi connectivity index (χ4n) is 2.66. The van der Waals surface area contributed by atoms with E-state index < -0.39 is 0 Å². The smallest absolute Gasteiger partial charge is 0.235 e. The average Bonchev–Trinajstić information content (AvgIpc) is 2.80. The third kappa shape index (κ3) is 2.46. The first kappa shape index (κ1) is 12.0. The summed E-state index contributed by atoms with van der Waals surface area (Å²) in [7, 11) is 0. The molecular formula is C14H17NO2. The van der Waals surface area contributed by atoms with Gasteiger partial charge in [-0.25, -0.2) is 4.79 Å². The van der Waals surface area contributed by atoms with Crippen LogP contribution in [0.3, 0.4) is 0 Å². The monoisotopic (exact) mass is 231 g/mol. The van der Waals surface area contributed by atoms with Gasteiger partial charge in [-0.15, -0.1) is 0 Å². The van der Waals surface area contributed by atoms with Crippen molar-refractivity contribution in [3.05, 3.63) is 35.4 Å². The highest BCUT2D eigenvalue weighted by Gasteiger charge is 2.35. The number of aliphatic hydroxyl groups excluding tert-OH is 1. The van der Waals surface area contributed by atoms with Gasteiger partial charge in [0, 0.05) is 6.61 Å². The van der Waals surface area contributed by atoms with Crippen LogP contribution in [0.4, 0.5) is 0 Å². The Morgan fingerprint density at radius 1 is 1.35 bits per heavy atom. The Kier molecular flexibility index (Phi) is 3.72. The Morgan fingerprint density at radius 3 is 2.76 bits per heavy atom. The number of nitrogens with zero attached hydrogens (tertiary/aromatic N) is 1. The molecular weight excluding hydrogens is 214 g/mol. The average molecular weight is 231 g/mol. The molecule has 0 atom stereocenters. The number of carbonyl (C=O) groups excluding carboxylic acids is 1. The van der Waals surface area contributed by atoms with Gasteiger partial charge >= 0.3 is 0 Å². The van der Waals surface area contributed by atoms with Gasteiger partial charge in [0.2, 0.25) is 6.08 Å². The quantitative estimate of drug-likeness (QED) is 0.638. The number of benzene rings is 1. The summed E-state index contributed by atoms with van der Waals surface area (Å²) in [6.45, 7) is 0.146. The lowest BCUT2D eigenvalue weighted by Gasteiger charge is -2.23. The van der Waals surface area contributed by atoms with Crippen molar-refractivity contribution < 1.29 is 9.90 Å². The Hall–Kier alpha value is -1.44. The van der Waals surface area contributed by atoms with Gasteiger partial charge in [-0.3, -0.25) is 0 Å². The number of hydrogen-bond acceptors (Lipinski definition) is 3. The van der Waals surface area contributed by atoms with Crippen molar-refractivity contribution in [2.45, 2.75) is 37.6 Å². The molecule has 1 saturated carbocycles. The molecule has 1 N–H and O–H groups in total. The maximum atomic E-state index is 10.6. The van der Waals surface area contributed by atoms with Gasteiger partial charge in [0.25, 0.3) is 0 Å². The summed E-state index contributed by atoms with van der Waals surface area (Å²) in [4.78, 5) is 14.7. The third-order valence-corrected chi connectivity index (χ3v) is 3.56. The summed E-state index contributed by atoms with van der Waals surface area (Å²) in [5, 5.41) is 8.96. The zero-order valence-electron chi connectivity index (χ0n) is 9.85. The van der Waals surface area contributed by atoms with E-state index in [0.717, 1.165) is 36.8 Å². The van der Waals surface area contributed by atoms with E-state index in [9.17, 15) is 4.79 Å². The van der Waals surface area contributed by atoms with Crippen LogP contribution >= 0.6 is 0 Å². The first-order valence-electron chi connectivity index (χ1n) is 6.10. The first-order valence-corrected chi connectivity index (χ1v) is 6.10. The Bertz CT molecular complexity index is 430. The van der Waals surface area contributed by atoms with E-state index in [0.29, 0.717) is 6.42 Å². The summed E-state index contributed by atoms with van der Waals surface area (Å²) < 4.78 is 0. The van der Waals surface area contributed by atoms with Crippen molar-refractivity contribution >= 4 is 6.08 Å². The summed E-state index contributed by atoms with van der Waals surface area (Å²) in [5.41, 5.74) is 1.83. The normalized spacial score (nSPS) is 17.7. The summed E-state index contributed by atoms with van der Waals surface area (Å²) in [6, 6.07) is 8.04. The minimum absolute atomic E-state index is 0.146. The number of hydrogen-bond donors (Lipinski definition) is 1. The lowest BCUT2D eigenvalue weighted by molar-refractivity contribution is 0.299. The van der Waals surface area contributed by atoms with E-state index in [1.165, 1.54) is 0 Å². The van der Waals surface area contributed by atoms with Crippen molar-refractivity contribution in [2.75, 3.05) is 6.61 Å². The summed E-state index contributed by atoms with van der Waals surface area (Å²) in [5.74, 6) is 0. The van der Waals surface area contributed by atoms with Crippen molar-refractivity contribution in [1.29, 1.82) is 0 Å². The molecule has 0 aromatic heterocycles. The van der Waals surface area contributed by atoms with E-state index in [-0.39, 0.29) is 12.1 Å². The van der Waals surface area contributed by atoms with E-state index in [4.69, 9.17) is 5.11 Å². The van der Waals surface area contributed by atoms with Crippen LogP contribution in [0.1, 0.15) is 36.8 Å². The first-order chi connectivity index (χ1) is 8.30. The summed E-state index contributed by atoms with van der Waals surface area (Å²) >= 11 is 0. The zero-order valence-corrected chi connectivity index (χ0v) is 9.85. The van der Waals surface area contributed by atoms with Gasteiger partial charge in [-0.2, -0.15) is 4.99 Å². The molecule has 3 nitrogen and oxygen atoms in total. The Labute approximate surface area is 101 Å². The van der Waals surface area contributed by atoms with Gasteiger partial charge in [0.1, 0.15) is 0 Å². The third-order valence-electron chi connectivity index (χ3n) is 3.56. The largest absolute Gasteiger partial charge is 0.396 e. The zero-order chi connectivity index (χ0) is 12.1. The van der Waals surface area contributed by atoms with Crippen molar-refractivity contribution in [3.63, 3.8) is 0 Å². The topological polar surface area (TPSA) is 49.7 Å². The van der Waals surface area contributed by atoms with Crippen LogP contribution in [0.2, 0.25) is 0 Å². The van der Waals surface area contributed by atoms with Crippen LogP contribution in [0, 0.1) is 0 Å². The maximum absolute atomic E-state index is 10.6. The van der Waals surface area contributed by atoms with Crippen LogP contribution in [0.15, 0.2) is 29.3 Å². The van der Waals surface area contributed by atoms with Crippen LogP contribution < -0.4 is 0 Å². The standard InChI is InChI=1S/C14H17NO2/c16-9-6-12-4-3-5-13(10-12)14(15-11-17)7-1-2-8-14/h3-5,10,16H,1-2,6-9H2. The molecule has 1 aliphatic carbocycles. The van der Waals surface area contributed by atoms with Crippen molar-refractivity contribution in [2.24, 2.45) is 4.99 Å². The lowest BCUT2D eigenvalue weighted by Crippen LogP contribution is -2.19. The predicted octanol–water partition coefficient (Wildman–Crippen LogP) is 2.33. The number of rotatable bonds is 4.